The van der Waals surface area contributed by atoms with Gasteiger partial charge in [-0.2, -0.15) is 0 Å². The molecule has 0 saturated carbocycles. The molecule has 0 aliphatic carbocycles. The highest BCUT2D eigenvalue weighted by Crippen LogP contribution is 2.17. The van der Waals surface area contributed by atoms with Crippen molar-refractivity contribution in [3.8, 4) is 0 Å². The van der Waals surface area contributed by atoms with Crippen molar-refractivity contribution in [2.24, 2.45) is 7.05 Å². The first-order chi connectivity index (χ1) is 8.13. The molecule has 0 saturated heterocycles. The van der Waals surface area contributed by atoms with E-state index in [1.54, 1.807) is 24.0 Å². The zero-order chi connectivity index (χ0) is 12.4. The Morgan fingerprint density at radius 1 is 1.53 bits per heavy atom. The number of aryl methyl sites for hydroxylation is 2. The van der Waals surface area contributed by atoms with Gasteiger partial charge in [0.05, 0.1) is 7.11 Å². The van der Waals surface area contributed by atoms with Crippen molar-refractivity contribution in [1.82, 2.24) is 20.0 Å². The Kier molecular flexibility index (Phi) is 2.86. The fourth-order valence-corrected chi connectivity index (χ4v) is 1.50. The number of rotatable bonds is 2. The SMILES string of the molecule is COC(=O)/C=C/c1cnc2c(nnn2C)c1C. The number of hydrogen-bond acceptors (Lipinski definition) is 5. The van der Waals surface area contributed by atoms with Gasteiger partial charge in [0.2, 0.25) is 0 Å². The molecular weight excluding hydrogens is 220 g/mol. The van der Waals surface area contributed by atoms with Crippen LogP contribution < -0.4 is 0 Å². The highest BCUT2D eigenvalue weighted by atomic mass is 16.5. The van der Waals surface area contributed by atoms with Crippen molar-refractivity contribution in [2.75, 3.05) is 7.11 Å². The standard InChI is InChI=1S/C11H12N4O2/c1-7-8(4-5-9(16)17-3)6-12-11-10(7)13-14-15(11)2/h4-6H,1-3H3/b5-4+. The van der Waals surface area contributed by atoms with Crippen LogP contribution in [-0.4, -0.2) is 33.1 Å². The lowest BCUT2D eigenvalue weighted by Crippen LogP contribution is -1.95. The molecule has 0 bridgehead atoms. The molecule has 6 heteroatoms. The van der Waals surface area contributed by atoms with Gasteiger partial charge in [-0.25, -0.2) is 14.5 Å². The van der Waals surface area contributed by atoms with Gasteiger partial charge in [-0.15, -0.1) is 5.10 Å². The van der Waals surface area contributed by atoms with Gasteiger partial charge in [-0.05, 0) is 24.1 Å². The first kappa shape index (κ1) is 11.3. The molecule has 2 aromatic rings. The predicted molar refractivity (Wildman–Crippen MR) is 62.1 cm³/mol. The molecule has 6 nitrogen and oxygen atoms in total. The number of carbonyl (C=O) groups is 1. The van der Waals surface area contributed by atoms with Crippen LogP contribution in [-0.2, 0) is 16.6 Å². The molecule has 0 N–H and O–H groups in total. The van der Waals surface area contributed by atoms with E-state index in [1.165, 1.54) is 13.2 Å². The summed E-state index contributed by atoms with van der Waals surface area (Å²) in [4.78, 5) is 15.2. The molecule has 2 aromatic heterocycles. The molecule has 0 amide bonds. The number of methoxy groups -OCH3 is 1. The Morgan fingerprint density at radius 3 is 3.00 bits per heavy atom. The van der Waals surface area contributed by atoms with Crippen molar-refractivity contribution < 1.29 is 9.53 Å². The lowest BCUT2D eigenvalue weighted by atomic mass is 10.1. The lowest BCUT2D eigenvalue weighted by molar-refractivity contribution is -0.134. The van der Waals surface area contributed by atoms with Crippen LogP contribution in [0.2, 0.25) is 0 Å². The number of esters is 1. The summed E-state index contributed by atoms with van der Waals surface area (Å²) in [6, 6.07) is 0. The summed E-state index contributed by atoms with van der Waals surface area (Å²) in [5, 5.41) is 7.92. The first-order valence-electron chi connectivity index (χ1n) is 5.04. The largest absolute Gasteiger partial charge is 0.466 e. The van der Waals surface area contributed by atoms with Crippen LogP contribution in [0.25, 0.3) is 17.2 Å². The fraction of sp³-hybridized carbons (Fsp3) is 0.273. The topological polar surface area (TPSA) is 69.9 Å². The average molecular weight is 232 g/mol. The number of aromatic nitrogens is 4. The quantitative estimate of drug-likeness (QED) is 0.567. The van der Waals surface area contributed by atoms with Crippen molar-refractivity contribution in [3.63, 3.8) is 0 Å². The summed E-state index contributed by atoms with van der Waals surface area (Å²) < 4.78 is 6.13. The molecule has 0 unspecified atom stereocenters. The molecule has 0 aromatic carbocycles. The normalized spacial score (nSPS) is 11.2. The minimum absolute atomic E-state index is 0.399. The van der Waals surface area contributed by atoms with E-state index in [0.29, 0.717) is 0 Å². The number of hydrogen-bond donors (Lipinski definition) is 0. The zero-order valence-electron chi connectivity index (χ0n) is 9.84. The molecule has 0 atom stereocenters. The second kappa shape index (κ2) is 4.32. The summed E-state index contributed by atoms with van der Waals surface area (Å²) in [7, 11) is 3.12. The van der Waals surface area contributed by atoms with Crippen LogP contribution in [0, 0.1) is 6.92 Å². The number of fused-ring (bicyclic) bond motifs is 1. The molecule has 88 valence electrons. The number of carbonyl (C=O) groups excluding carboxylic acids is 1. The van der Waals surface area contributed by atoms with E-state index in [4.69, 9.17) is 0 Å². The summed E-state index contributed by atoms with van der Waals surface area (Å²) in [6.07, 6.45) is 4.69. The second-order valence-electron chi connectivity index (χ2n) is 3.58. The molecule has 0 aliphatic rings. The summed E-state index contributed by atoms with van der Waals surface area (Å²) in [5.74, 6) is -0.399. The van der Waals surface area contributed by atoms with Gasteiger partial charge in [0.1, 0.15) is 5.52 Å². The second-order valence-corrected chi connectivity index (χ2v) is 3.58. The highest BCUT2D eigenvalue weighted by Gasteiger charge is 2.08. The van der Waals surface area contributed by atoms with Crippen molar-refractivity contribution in [2.45, 2.75) is 6.92 Å². The van der Waals surface area contributed by atoms with Crippen molar-refractivity contribution >= 4 is 23.2 Å². The zero-order valence-corrected chi connectivity index (χ0v) is 9.84. The van der Waals surface area contributed by atoms with Gasteiger partial charge in [0.25, 0.3) is 0 Å². The Balaban J connectivity index is 2.46. The van der Waals surface area contributed by atoms with Gasteiger partial charge >= 0.3 is 5.97 Å². The van der Waals surface area contributed by atoms with Crippen LogP contribution in [0.3, 0.4) is 0 Å². The van der Waals surface area contributed by atoms with Gasteiger partial charge in [-0.1, -0.05) is 5.21 Å². The summed E-state index contributed by atoms with van der Waals surface area (Å²) >= 11 is 0. The van der Waals surface area contributed by atoms with Crippen LogP contribution in [0.5, 0.6) is 0 Å². The van der Waals surface area contributed by atoms with Crippen molar-refractivity contribution in [1.29, 1.82) is 0 Å². The maximum atomic E-state index is 11.0. The fourth-order valence-electron chi connectivity index (χ4n) is 1.50. The van der Waals surface area contributed by atoms with E-state index in [0.717, 1.165) is 22.3 Å². The smallest absolute Gasteiger partial charge is 0.330 e. The molecule has 0 radical (unpaired) electrons. The van der Waals surface area contributed by atoms with Crippen LogP contribution >= 0.6 is 0 Å². The van der Waals surface area contributed by atoms with Crippen LogP contribution in [0.4, 0.5) is 0 Å². The van der Waals surface area contributed by atoms with Crippen molar-refractivity contribution in [3.05, 3.63) is 23.4 Å². The van der Waals surface area contributed by atoms with Gasteiger partial charge < -0.3 is 4.74 Å². The third kappa shape index (κ3) is 2.01. The third-order valence-corrected chi connectivity index (χ3v) is 2.51. The summed E-state index contributed by atoms with van der Waals surface area (Å²) in [5.41, 5.74) is 3.21. The lowest BCUT2D eigenvalue weighted by Gasteiger charge is -2.00. The van der Waals surface area contributed by atoms with E-state index in [1.807, 2.05) is 6.92 Å². The maximum absolute atomic E-state index is 11.0. The molecule has 17 heavy (non-hydrogen) atoms. The van der Waals surface area contributed by atoms with Crippen LogP contribution in [0.15, 0.2) is 12.3 Å². The van der Waals surface area contributed by atoms with E-state index in [-0.39, 0.29) is 0 Å². The number of nitrogens with zero attached hydrogens (tertiary/aromatic N) is 4. The molecular formula is C11H12N4O2. The Bertz CT molecular complexity index is 601. The first-order valence-corrected chi connectivity index (χ1v) is 5.04. The third-order valence-electron chi connectivity index (χ3n) is 2.51. The summed E-state index contributed by atoms with van der Waals surface area (Å²) in [6.45, 7) is 1.91. The predicted octanol–water partition coefficient (Wildman–Crippen LogP) is 0.858. The van der Waals surface area contributed by atoms with E-state index in [9.17, 15) is 4.79 Å². The van der Waals surface area contributed by atoms with E-state index < -0.39 is 5.97 Å². The maximum Gasteiger partial charge on any atom is 0.330 e. The monoisotopic (exact) mass is 232 g/mol. The molecule has 2 rings (SSSR count). The Morgan fingerprint density at radius 2 is 2.29 bits per heavy atom. The molecule has 0 spiro atoms. The highest BCUT2D eigenvalue weighted by molar-refractivity contribution is 5.88. The Labute approximate surface area is 97.9 Å². The number of ether oxygens (including phenoxy) is 1. The van der Waals surface area contributed by atoms with Gasteiger partial charge in [0.15, 0.2) is 5.65 Å². The minimum atomic E-state index is -0.399. The Hall–Kier alpha value is -2.24. The molecule has 0 fully saturated rings. The number of pyridine rings is 1. The van der Waals surface area contributed by atoms with E-state index in [2.05, 4.69) is 20.0 Å². The average Bonchev–Trinajstić information content (AvgIpc) is 2.71. The molecule has 2 heterocycles. The van der Waals surface area contributed by atoms with Gasteiger partial charge in [0, 0.05) is 19.3 Å². The van der Waals surface area contributed by atoms with E-state index >= 15 is 0 Å². The van der Waals surface area contributed by atoms with Crippen LogP contribution in [0.1, 0.15) is 11.1 Å². The van der Waals surface area contributed by atoms with Gasteiger partial charge in [-0.3, -0.25) is 0 Å². The molecule has 0 aliphatic heterocycles. The minimum Gasteiger partial charge on any atom is -0.466 e.